The molecule has 0 radical (unpaired) electrons. The van der Waals surface area contributed by atoms with E-state index in [9.17, 15) is 4.79 Å². The van der Waals surface area contributed by atoms with Gasteiger partial charge in [-0.25, -0.2) is 0 Å². The fourth-order valence-electron chi connectivity index (χ4n) is 2.81. The molecule has 0 saturated carbocycles. The summed E-state index contributed by atoms with van der Waals surface area (Å²) in [5.74, 6) is 0.632. The van der Waals surface area contributed by atoms with Gasteiger partial charge in [0.25, 0.3) is 5.56 Å². The predicted octanol–water partition coefficient (Wildman–Crippen LogP) is 2.59. The van der Waals surface area contributed by atoms with Crippen LogP contribution < -0.4 is 10.9 Å². The number of H-pyrrole nitrogens is 1. The summed E-state index contributed by atoms with van der Waals surface area (Å²) in [6, 6.07) is 10.3. The molecule has 4 heteroatoms. The molecule has 0 aliphatic rings. The van der Waals surface area contributed by atoms with Crippen molar-refractivity contribution in [1.29, 1.82) is 0 Å². The van der Waals surface area contributed by atoms with Crippen LogP contribution in [0.5, 0.6) is 0 Å². The van der Waals surface area contributed by atoms with Crippen LogP contribution in [-0.2, 0) is 6.54 Å². The minimum atomic E-state index is -0.000602. The van der Waals surface area contributed by atoms with Gasteiger partial charge < -0.3 is 15.2 Å². The number of nitrogens with zero attached hydrogens (tertiary/aromatic N) is 1. The van der Waals surface area contributed by atoms with Crippen molar-refractivity contribution in [3.05, 3.63) is 46.2 Å². The Balaban J connectivity index is 2.11. The molecule has 120 valence electrons. The van der Waals surface area contributed by atoms with Crippen molar-refractivity contribution in [1.82, 2.24) is 15.2 Å². The number of hydrogen-bond donors (Lipinski definition) is 2. The minimum Gasteiger partial charge on any atom is -0.322 e. The summed E-state index contributed by atoms with van der Waals surface area (Å²) < 4.78 is 0. The highest BCUT2D eigenvalue weighted by molar-refractivity contribution is 5.78. The van der Waals surface area contributed by atoms with Gasteiger partial charge in [0, 0.05) is 30.2 Å². The van der Waals surface area contributed by atoms with E-state index in [4.69, 9.17) is 0 Å². The standard InChI is InChI=1S/C18H27N3O/c1-13(2)9-16(12-21(3)4)19-11-15-10-14-7-5-6-8-17(14)20-18(15)22/h5-8,10,13,16,19H,9,11-12H2,1-4H3,(H,20,22). The largest absolute Gasteiger partial charge is 0.322 e. The number of pyridine rings is 1. The first-order valence-corrected chi connectivity index (χ1v) is 7.94. The van der Waals surface area contributed by atoms with Crippen molar-refractivity contribution in [3.8, 4) is 0 Å². The van der Waals surface area contributed by atoms with Crippen molar-refractivity contribution in [3.63, 3.8) is 0 Å². The SMILES string of the molecule is CC(C)CC(CN(C)C)NCc1cc2ccccc2[nH]c1=O. The summed E-state index contributed by atoms with van der Waals surface area (Å²) >= 11 is 0. The molecule has 2 aromatic rings. The number of hydrogen-bond acceptors (Lipinski definition) is 3. The van der Waals surface area contributed by atoms with Crippen LogP contribution >= 0.6 is 0 Å². The predicted molar refractivity (Wildman–Crippen MR) is 93.2 cm³/mol. The Kier molecular flexibility index (Phi) is 5.75. The Labute approximate surface area is 132 Å². The Bertz CT molecular complexity index is 651. The van der Waals surface area contributed by atoms with E-state index in [-0.39, 0.29) is 5.56 Å². The van der Waals surface area contributed by atoms with Gasteiger partial charge in [-0.05, 0) is 44.0 Å². The normalized spacial score (nSPS) is 13.2. The average molecular weight is 301 g/mol. The van der Waals surface area contributed by atoms with Gasteiger partial charge in [-0.2, -0.15) is 0 Å². The highest BCUT2D eigenvalue weighted by atomic mass is 16.1. The first kappa shape index (κ1) is 16.7. The van der Waals surface area contributed by atoms with Crippen molar-refractivity contribution < 1.29 is 0 Å². The number of nitrogens with one attached hydrogen (secondary N) is 2. The van der Waals surface area contributed by atoms with Crippen molar-refractivity contribution in [2.45, 2.75) is 32.9 Å². The second kappa shape index (κ2) is 7.56. The molecule has 1 atom stereocenters. The van der Waals surface area contributed by atoms with Crippen molar-refractivity contribution in [2.75, 3.05) is 20.6 Å². The molecule has 2 N–H and O–H groups in total. The average Bonchev–Trinajstić information content (AvgIpc) is 2.43. The Morgan fingerprint density at radius 1 is 1.23 bits per heavy atom. The van der Waals surface area contributed by atoms with E-state index < -0.39 is 0 Å². The zero-order chi connectivity index (χ0) is 16.1. The molecule has 0 spiro atoms. The van der Waals surface area contributed by atoms with Gasteiger partial charge in [0.2, 0.25) is 0 Å². The van der Waals surface area contributed by atoms with Crippen LogP contribution in [0, 0.1) is 5.92 Å². The van der Waals surface area contributed by atoms with Crippen LogP contribution in [0.2, 0.25) is 0 Å². The van der Waals surface area contributed by atoms with Crippen LogP contribution in [0.4, 0.5) is 0 Å². The fraction of sp³-hybridized carbons (Fsp3) is 0.500. The smallest absolute Gasteiger partial charge is 0.252 e. The van der Waals surface area contributed by atoms with Crippen LogP contribution in [0.3, 0.4) is 0 Å². The van der Waals surface area contributed by atoms with Gasteiger partial charge in [0.15, 0.2) is 0 Å². The molecule has 1 aromatic carbocycles. The monoisotopic (exact) mass is 301 g/mol. The quantitative estimate of drug-likeness (QED) is 0.826. The Morgan fingerprint density at radius 2 is 1.95 bits per heavy atom. The summed E-state index contributed by atoms with van der Waals surface area (Å²) in [6.45, 7) is 6.04. The van der Waals surface area contributed by atoms with Crippen LogP contribution in [0.1, 0.15) is 25.8 Å². The molecular weight excluding hydrogens is 274 g/mol. The highest BCUT2D eigenvalue weighted by Crippen LogP contribution is 2.11. The molecule has 4 nitrogen and oxygen atoms in total. The number of fused-ring (bicyclic) bond motifs is 1. The second-order valence-corrected chi connectivity index (χ2v) is 6.68. The number of likely N-dealkylation sites (N-methyl/N-ethyl adjacent to an activating group) is 1. The Hall–Kier alpha value is -1.65. The third-order valence-electron chi connectivity index (χ3n) is 3.75. The summed E-state index contributed by atoms with van der Waals surface area (Å²) in [5.41, 5.74) is 1.69. The molecule has 0 bridgehead atoms. The number of aromatic amines is 1. The van der Waals surface area contributed by atoms with E-state index in [0.717, 1.165) is 29.4 Å². The van der Waals surface area contributed by atoms with Gasteiger partial charge in [0.05, 0.1) is 0 Å². The lowest BCUT2D eigenvalue weighted by Crippen LogP contribution is -2.39. The molecule has 0 aliphatic carbocycles. The van der Waals surface area contributed by atoms with Crippen LogP contribution in [-0.4, -0.2) is 36.6 Å². The maximum absolute atomic E-state index is 12.2. The topological polar surface area (TPSA) is 48.1 Å². The Morgan fingerprint density at radius 3 is 2.64 bits per heavy atom. The third-order valence-corrected chi connectivity index (χ3v) is 3.75. The van der Waals surface area contributed by atoms with Gasteiger partial charge in [-0.3, -0.25) is 4.79 Å². The second-order valence-electron chi connectivity index (χ2n) is 6.68. The molecule has 0 saturated heterocycles. The zero-order valence-electron chi connectivity index (χ0n) is 14.0. The van der Waals surface area contributed by atoms with Gasteiger partial charge in [-0.1, -0.05) is 32.0 Å². The highest BCUT2D eigenvalue weighted by Gasteiger charge is 2.12. The molecular formula is C18H27N3O. The molecule has 0 aliphatic heterocycles. The lowest BCUT2D eigenvalue weighted by atomic mass is 10.0. The third kappa shape index (κ3) is 4.68. The lowest BCUT2D eigenvalue weighted by molar-refractivity contribution is 0.305. The molecule has 1 aromatic heterocycles. The van der Waals surface area contributed by atoms with E-state index in [0.29, 0.717) is 18.5 Å². The summed E-state index contributed by atoms with van der Waals surface area (Å²) in [6.07, 6.45) is 1.10. The first-order chi connectivity index (χ1) is 10.5. The maximum Gasteiger partial charge on any atom is 0.252 e. The zero-order valence-corrected chi connectivity index (χ0v) is 14.0. The number of aromatic nitrogens is 1. The van der Waals surface area contributed by atoms with Gasteiger partial charge in [-0.15, -0.1) is 0 Å². The van der Waals surface area contributed by atoms with E-state index in [1.807, 2.05) is 30.3 Å². The number of rotatable bonds is 7. The van der Waals surface area contributed by atoms with E-state index in [1.54, 1.807) is 0 Å². The first-order valence-electron chi connectivity index (χ1n) is 7.94. The van der Waals surface area contributed by atoms with Crippen molar-refractivity contribution >= 4 is 10.9 Å². The van der Waals surface area contributed by atoms with E-state index in [2.05, 4.69) is 43.1 Å². The summed E-state index contributed by atoms with van der Waals surface area (Å²) in [5, 5.41) is 4.62. The molecule has 22 heavy (non-hydrogen) atoms. The summed E-state index contributed by atoms with van der Waals surface area (Å²) in [4.78, 5) is 17.3. The molecule has 2 rings (SSSR count). The minimum absolute atomic E-state index is 0.000602. The van der Waals surface area contributed by atoms with E-state index >= 15 is 0 Å². The molecule has 0 amide bonds. The number of para-hydroxylation sites is 1. The molecule has 1 heterocycles. The van der Waals surface area contributed by atoms with Crippen molar-refractivity contribution in [2.24, 2.45) is 5.92 Å². The fourth-order valence-corrected chi connectivity index (χ4v) is 2.81. The van der Waals surface area contributed by atoms with Gasteiger partial charge in [0.1, 0.15) is 0 Å². The van der Waals surface area contributed by atoms with E-state index in [1.165, 1.54) is 0 Å². The van der Waals surface area contributed by atoms with Crippen LogP contribution in [0.15, 0.2) is 35.1 Å². The number of benzene rings is 1. The van der Waals surface area contributed by atoms with Crippen LogP contribution in [0.25, 0.3) is 10.9 Å². The molecule has 0 fully saturated rings. The molecule has 1 unspecified atom stereocenters. The lowest BCUT2D eigenvalue weighted by Gasteiger charge is -2.24. The maximum atomic E-state index is 12.2. The van der Waals surface area contributed by atoms with Gasteiger partial charge >= 0.3 is 0 Å². The summed E-state index contributed by atoms with van der Waals surface area (Å²) in [7, 11) is 4.16.